The molecule has 1 aromatic heterocycles. The normalized spacial score (nSPS) is 15.7. The number of carbonyl (C=O) groups is 1. The quantitative estimate of drug-likeness (QED) is 0.472. The summed E-state index contributed by atoms with van der Waals surface area (Å²) >= 11 is 0. The number of ether oxygens (including phenoxy) is 2. The largest absolute Gasteiger partial charge is 0.497 e. The van der Waals surface area contributed by atoms with Crippen molar-refractivity contribution in [2.45, 2.75) is 33.2 Å². The Morgan fingerprint density at radius 3 is 2.52 bits per heavy atom. The van der Waals surface area contributed by atoms with E-state index in [9.17, 15) is 10.1 Å². The van der Waals surface area contributed by atoms with Crippen molar-refractivity contribution in [3.05, 3.63) is 52.9 Å². The third kappa shape index (κ3) is 5.58. The molecule has 0 radical (unpaired) electrons. The van der Waals surface area contributed by atoms with Crippen LogP contribution >= 0.6 is 0 Å². The van der Waals surface area contributed by atoms with Crippen LogP contribution in [0.15, 0.2) is 35.9 Å². The van der Waals surface area contributed by atoms with Crippen molar-refractivity contribution in [3.63, 3.8) is 0 Å². The van der Waals surface area contributed by atoms with E-state index in [0.717, 1.165) is 47.9 Å². The standard InChI is InChI=1S/C26H34N4O3/c1-19-15-22(21(3)30(19)20(2)18-32-4)16-23(17-27)26(31)29-12-6-11-28(13-14-29)24-7-9-25(33-5)10-8-24/h7-10,15-16,20H,6,11-14,18H2,1-5H3/b23-16-. The molecule has 176 valence electrons. The molecule has 2 heterocycles. The van der Waals surface area contributed by atoms with Crippen molar-refractivity contribution in [2.24, 2.45) is 0 Å². The number of rotatable bonds is 7. The van der Waals surface area contributed by atoms with Crippen LogP contribution < -0.4 is 9.64 Å². The SMILES string of the molecule is COCC(C)n1c(C)cc(/C=C(/C#N)C(=O)N2CCCN(c3ccc(OC)cc3)CC2)c1C. The van der Waals surface area contributed by atoms with Crippen LogP contribution in [0.1, 0.15) is 36.3 Å². The summed E-state index contributed by atoms with van der Waals surface area (Å²) in [5.41, 5.74) is 4.29. The first-order chi connectivity index (χ1) is 15.9. The van der Waals surface area contributed by atoms with Crippen LogP contribution in [0.3, 0.4) is 0 Å². The predicted octanol–water partition coefficient (Wildman–Crippen LogP) is 3.97. The van der Waals surface area contributed by atoms with Gasteiger partial charge in [-0.3, -0.25) is 4.79 Å². The van der Waals surface area contributed by atoms with E-state index < -0.39 is 0 Å². The lowest BCUT2D eigenvalue weighted by Gasteiger charge is -2.23. The summed E-state index contributed by atoms with van der Waals surface area (Å²) in [5.74, 6) is 0.619. The van der Waals surface area contributed by atoms with Gasteiger partial charge in [-0.25, -0.2) is 0 Å². The van der Waals surface area contributed by atoms with Gasteiger partial charge in [-0.15, -0.1) is 0 Å². The monoisotopic (exact) mass is 450 g/mol. The van der Waals surface area contributed by atoms with Crippen LogP contribution in [-0.2, 0) is 9.53 Å². The number of benzene rings is 1. The number of hydrogen-bond donors (Lipinski definition) is 0. The number of amides is 1. The van der Waals surface area contributed by atoms with E-state index in [4.69, 9.17) is 9.47 Å². The number of aromatic nitrogens is 1. The maximum atomic E-state index is 13.2. The second-order valence-electron chi connectivity index (χ2n) is 8.50. The molecule has 0 spiro atoms. The molecule has 0 aliphatic carbocycles. The molecule has 3 rings (SSSR count). The molecular formula is C26H34N4O3. The van der Waals surface area contributed by atoms with Gasteiger partial charge in [0.05, 0.1) is 19.8 Å². The molecule has 1 fully saturated rings. The average Bonchev–Trinajstić information content (AvgIpc) is 2.97. The second-order valence-corrected chi connectivity index (χ2v) is 8.50. The van der Waals surface area contributed by atoms with Crippen LogP contribution in [0.2, 0.25) is 0 Å². The Balaban J connectivity index is 1.74. The Morgan fingerprint density at radius 1 is 1.15 bits per heavy atom. The van der Waals surface area contributed by atoms with Gasteiger partial charge < -0.3 is 23.8 Å². The minimum Gasteiger partial charge on any atom is -0.497 e. The number of hydrogen-bond acceptors (Lipinski definition) is 5. The van der Waals surface area contributed by atoms with E-state index in [1.807, 2.05) is 44.2 Å². The van der Waals surface area contributed by atoms with Crippen LogP contribution in [0.5, 0.6) is 5.75 Å². The molecule has 7 nitrogen and oxygen atoms in total. The van der Waals surface area contributed by atoms with Gasteiger partial charge in [0.2, 0.25) is 0 Å². The van der Waals surface area contributed by atoms with Crippen molar-refractivity contribution in [3.8, 4) is 11.8 Å². The first-order valence-corrected chi connectivity index (χ1v) is 11.4. The van der Waals surface area contributed by atoms with Gasteiger partial charge in [0.15, 0.2) is 0 Å². The van der Waals surface area contributed by atoms with Crippen molar-refractivity contribution < 1.29 is 14.3 Å². The zero-order valence-electron chi connectivity index (χ0n) is 20.3. The first kappa shape index (κ1) is 24.4. The van der Waals surface area contributed by atoms with E-state index in [1.54, 1.807) is 25.2 Å². The molecule has 2 aromatic rings. The van der Waals surface area contributed by atoms with Gasteiger partial charge in [0.25, 0.3) is 5.91 Å². The molecule has 1 aliphatic rings. The fourth-order valence-electron chi connectivity index (χ4n) is 4.58. The van der Waals surface area contributed by atoms with Crippen molar-refractivity contribution >= 4 is 17.7 Å². The number of methoxy groups -OCH3 is 2. The third-order valence-electron chi connectivity index (χ3n) is 6.24. The lowest BCUT2D eigenvalue weighted by Crippen LogP contribution is -2.35. The smallest absolute Gasteiger partial charge is 0.264 e. The van der Waals surface area contributed by atoms with Crippen LogP contribution in [0, 0.1) is 25.2 Å². The molecule has 1 saturated heterocycles. The highest BCUT2D eigenvalue weighted by Gasteiger charge is 2.23. The molecular weight excluding hydrogens is 416 g/mol. The second kappa shape index (κ2) is 11.1. The number of carbonyl (C=O) groups excluding carboxylic acids is 1. The van der Waals surface area contributed by atoms with Gasteiger partial charge >= 0.3 is 0 Å². The Bertz CT molecular complexity index is 1030. The molecule has 1 aliphatic heterocycles. The van der Waals surface area contributed by atoms with Gasteiger partial charge in [-0.1, -0.05) is 0 Å². The molecule has 1 atom stereocenters. The van der Waals surface area contributed by atoms with E-state index in [-0.39, 0.29) is 17.5 Å². The highest BCUT2D eigenvalue weighted by atomic mass is 16.5. The summed E-state index contributed by atoms with van der Waals surface area (Å²) in [6.07, 6.45) is 2.58. The number of aryl methyl sites for hydroxylation is 1. The lowest BCUT2D eigenvalue weighted by atomic mass is 10.1. The zero-order chi connectivity index (χ0) is 24.0. The molecule has 0 bridgehead atoms. The maximum Gasteiger partial charge on any atom is 0.264 e. The number of nitriles is 1. The zero-order valence-corrected chi connectivity index (χ0v) is 20.3. The average molecular weight is 451 g/mol. The van der Waals surface area contributed by atoms with Crippen LogP contribution in [0.4, 0.5) is 5.69 Å². The van der Waals surface area contributed by atoms with Crippen LogP contribution in [-0.4, -0.2) is 62.4 Å². The molecule has 1 amide bonds. The Morgan fingerprint density at radius 2 is 1.88 bits per heavy atom. The van der Waals surface area contributed by atoms with Gasteiger partial charge in [-0.05, 0) is 69.2 Å². The van der Waals surface area contributed by atoms with Crippen LogP contribution in [0.25, 0.3) is 6.08 Å². The maximum absolute atomic E-state index is 13.2. The van der Waals surface area contributed by atoms with E-state index in [0.29, 0.717) is 19.7 Å². The number of nitrogens with zero attached hydrogens (tertiary/aromatic N) is 4. The molecule has 0 N–H and O–H groups in total. The summed E-state index contributed by atoms with van der Waals surface area (Å²) in [5, 5.41) is 9.78. The van der Waals surface area contributed by atoms with Crippen molar-refractivity contribution in [2.75, 3.05) is 51.9 Å². The Hall–Kier alpha value is -3.24. The van der Waals surface area contributed by atoms with E-state index >= 15 is 0 Å². The molecule has 1 unspecified atom stereocenters. The van der Waals surface area contributed by atoms with Gasteiger partial charge in [0.1, 0.15) is 17.4 Å². The fraction of sp³-hybridized carbons (Fsp3) is 0.462. The van der Waals surface area contributed by atoms with E-state index in [2.05, 4.69) is 22.5 Å². The molecule has 33 heavy (non-hydrogen) atoms. The lowest BCUT2D eigenvalue weighted by molar-refractivity contribution is -0.126. The van der Waals surface area contributed by atoms with Gasteiger partial charge in [-0.2, -0.15) is 5.26 Å². The molecule has 0 saturated carbocycles. The predicted molar refractivity (Wildman–Crippen MR) is 130 cm³/mol. The fourth-order valence-corrected chi connectivity index (χ4v) is 4.58. The summed E-state index contributed by atoms with van der Waals surface area (Å²) in [6.45, 7) is 9.54. The minimum atomic E-state index is -0.205. The van der Waals surface area contributed by atoms with E-state index in [1.165, 1.54) is 0 Å². The molecule has 1 aromatic carbocycles. The van der Waals surface area contributed by atoms with Gasteiger partial charge in [0, 0.05) is 50.4 Å². The summed E-state index contributed by atoms with van der Waals surface area (Å²) in [7, 11) is 3.34. The summed E-state index contributed by atoms with van der Waals surface area (Å²) in [6, 6.07) is 12.3. The number of anilines is 1. The first-order valence-electron chi connectivity index (χ1n) is 11.4. The summed E-state index contributed by atoms with van der Waals surface area (Å²) < 4.78 is 12.7. The summed E-state index contributed by atoms with van der Waals surface area (Å²) in [4.78, 5) is 17.3. The Kier molecular flexibility index (Phi) is 8.18. The topological polar surface area (TPSA) is 70.7 Å². The highest BCUT2D eigenvalue weighted by molar-refractivity contribution is 6.01. The minimum absolute atomic E-state index is 0.174. The third-order valence-corrected chi connectivity index (χ3v) is 6.24. The van der Waals surface area contributed by atoms with Crippen molar-refractivity contribution in [1.82, 2.24) is 9.47 Å². The Labute approximate surface area is 196 Å². The highest BCUT2D eigenvalue weighted by Crippen LogP contribution is 2.24. The molecule has 7 heteroatoms. The van der Waals surface area contributed by atoms with Crippen molar-refractivity contribution in [1.29, 1.82) is 5.26 Å².